The molecule has 1 amide bonds. The topological polar surface area (TPSA) is 47.6 Å². The van der Waals surface area contributed by atoms with Crippen LogP contribution >= 0.6 is 0 Å². The van der Waals surface area contributed by atoms with Gasteiger partial charge in [-0.25, -0.2) is 4.39 Å². The first kappa shape index (κ1) is 15.5. The van der Waals surface area contributed by atoms with Crippen LogP contribution in [0.15, 0.2) is 12.1 Å². The van der Waals surface area contributed by atoms with E-state index in [1.165, 1.54) is 0 Å². The molecule has 0 bridgehead atoms. The van der Waals surface area contributed by atoms with E-state index in [2.05, 4.69) is 5.32 Å². The fraction of sp³-hybridized carbons (Fsp3) is 0.562. The molecule has 0 unspecified atom stereocenters. The lowest BCUT2D eigenvalue weighted by molar-refractivity contribution is -0.119. The Hall–Kier alpha value is -1.40. The van der Waals surface area contributed by atoms with Crippen LogP contribution in [0, 0.1) is 5.82 Å². The molecule has 1 N–H and O–H groups in total. The van der Waals surface area contributed by atoms with Crippen molar-refractivity contribution in [1.82, 2.24) is 0 Å². The van der Waals surface area contributed by atoms with E-state index < -0.39 is 29.6 Å². The van der Waals surface area contributed by atoms with Crippen molar-refractivity contribution in [2.45, 2.75) is 58.2 Å². The van der Waals surface area contributed by atoms with Gasteiger partial charge in [-0.3, -0.25) is 4.79 Å². The van der Waals surface area contributed by atoms with Gasteiger partial charge in [0.15, 0.2) is 0 Å². The number of halogens is 1. The quantitative estimate of drug-likeness (QED) is 0.810. The van der Waals surface area contributed by atoms with E-state index in [0.29, 0.717) is 16.7 Å². The van der Waals surface area contributed by atoms with Crippen molar-refractivity contribution in [2.75, 3.05) is 5.32 Å². The number of nitrogens with one attached hydrogen (secondary N) is 1. The first-order valence-electron chi connectivity index (χ1n) is 7.47. The van der Waals surface area contributed by atoms with Crippen LogP contribution in [0.4, 0.5) is 10.1 Å². The van der Waals surface area contributed by atoms with Gasteiger partial charge in [-0.15, -0.1) is 0 Å². The van der Waals surface area contributed by atoms with E-state index in [4.69, 9.17) is 9.31 Å². The molecule has 2 aliphatic heterocycles. The second-order valence-corrected chi connectivity index (χ2v) is 7.56. The lowest BCUT2D eigenvalue weighted by atomic mass is 9.74. The Kier molecular flexibility index (Phi) is 3.05. The highest BCUT2D eigenvalue weighted by Crippen LogP contribution is 2.40. The van der Waals surface area contributed by atoms with Crippen molar-refractivity contribution in [2.24, 2.45) is 0 Å². The Morgan fingerprint density at radius 3 is 2.14 bits per heavy atom. The highest BCUT2D eigenvalue weighted by Gasteiger charge is 2.53. The molecule has 0 saturated carbocycles. The molecule has 0 aliphatic carbocycles. The number of carbonyl (C=O) groups excluding carboxylic acids is 1. The summed E-state index contributed by atoms with van der Waals surface area (Å²) in [6.45, 7) is 11.1. The average Bonchev–Trinajstić information content (AvgIpc) is 2.71. The summed E-state index contributed by atoms with van der Waals surface area (Å²) in [5, 5.41) is 2.72. The third kappa shape index (κ3) is 1.93. The maximum Gasteiger partial charge on any atom is 0.497 e. The third-order valence-corrected chi connectivity index (χ3v) is 5.12. The van der Waals surface area contributed by atoms with Crippen molar-refractivity contribution in [3.63, 3.8) is 0 Å². The van der Waals surface area contributed by atoms with Crippen molar-refractivity contribution in [1.29, 1.82) is 0 Å². The molecule has 0 radical (unpaired) electrons. The van der Waals surface area contributed by atoms with Crippen LogP contribution in [0.3, 0.4) is 0 Å². The van der Waals surface area contributed by atoms with E-state index in [1.807, 2.05) is 27.7 Å². The zero-order valence-electron chi connectivity index (χ0n) is 13.8. The molecule has 0 aromatic heterocycles. The minimum Gasteiger partial charge on any atom is -0.399 e. The molecule has 0 atom stereocenters. The van der Waals surface area contributed by atoms with Crippen LogP contribution in [0.5, 0.6) is 0 Å². The summed E-state index contributed by atoms with van der Waals surface area (Å²) in [6.07, 6.45) is 0. The fourth-order valence-corrected chi connectivity index (χ4v) is 2.85. The monoisotopic (exact) mass is 305 g/mol. The largest absolute Gasteiger partial charge is 0.497 e. The van der Waals surface area contributed by atoms with Crippen LogP contribution < -0.4 is 10.8 Å². The Morgan fingerprint density at radius 1 is 1.05 bits per heavy atom. The third-order valence-electron chi connectivity index (χ3n) is 5.12. The van der Waals surface area contributed by atoms with E-state index in [0.717, 1.165) is 0 Å². The van der Waals surface area contributed by atoms with E-state index in [9.17, 15) is 4.79 Å². The van der Waals surface area contributed by atoms with Gasteiger partial charge in [-0.1, -0.05) is 6.07 Å². The van der Waals surface area contributed by atoms with Gasteiger partial charge in [0.05, 0.1) is 16.6 Å². The maximum atomic E-state index is 15.0. The molecule has 4 nitrogen and oxygen atoms in total. The lowest BCUT2D eigenvalue weighted by Gasteiger charge is -2.32. The van der Waals surface area contributed by atoms with Gasteiger partial charge in [0, 0.05) is 16.7 Å². The molecule has 0 spiro atoms. The van der Waals surface area contributed by atoms with Gasteiger partial charge in [0.25, 0.3) is 0 Å². The zero-order valence-corrected chi connectivity index (χ0v) is 13.8. The highest BCUT2D eigenvalue weighted by atomic mass is 19.1. The Morgan fingerprint density at radius 2 is 1.59 bits per heavy atom. The molecule has 118 valence electrons. The summed E-state index contributed by atoms with van der Waals surface area (Å²) in [5.74, 6) is -0.633. The highest BCUT2D eigenvalue weighted by molar-refractivity contribution is 6.62. The Labute approximate surface area is 130 Å². The number of amides is 1. The number of benzene rings is 1. The second-order valence-electron chi connectivity index (χ2n) is 7.56. The van der Waals surface area contributed by atoms with Gasteiger partial charge in [-0.2, -0.15) is 0 Å². The van der Waals surface area contributed by atoms with Crippen LogP contribution in [0.2, 0.25) is 0 Å². The van der Waals surface area contributed by atoms with Gasteiger partial charge in [-0.05, 0) is 47.6 Å². The molecule has 3 rings (SSSR count). The first-order valence-corrected chi connectivity index (χ1v) is 7.47. The minimum atomic E-state index is -0.904. The number of rotatable bonds is 1. The molecule has 1 fully saturated rings. The predicted octanol–water partition coefficient (Wildman–Crippen LogP) is 2.35. The minimum absolute atomic E-state index is 0.201. The van der Waals surface area contributed by atoms with Crippen molar-refractivity contribution >= 4 is 24.2 Å². The summed E-state index contributed by atoms with van der Waals surface area (Å²) in [4.78, 5) is 12.0. The van der Waals surface area contributed by atoms with E-state index >= 15 is 4.39 Å². The molecule has 2 heterocycles. The van der Waals surface area contributed by atoms with E-state index in [1.54, 1.807) is 26.0 Å². The van der Waals surface area contributed by atoms with Gasteiger partial charge in [0.2, 0.25) is 5.91 Å². The summed E-state index contributed by atoms with van der Waals surface area (Å²) < 4.78 is 26.9. The summed E-state index contributed by atoms with van der Waals surface area (Å²) in [6, 6.07) is 3.34. The summed E-state index contributed by atoms with van der Waals surface area (Å²) >= 11 is 0. The van der Waals surface area contributed by atoms with Crippen molar-refractivity contribution in [3.8, 4) is 0 Å². The Balaban J connectivity index is 2.06. The zero-order chi connectivity index (χ0) is 16.5. The molecule has 6 heteroatoms. The number of hydrogen-bond donors (Lipinski definition) is 1. The number of fused-ring (bicyclic) bond motifs is 1. The lowest BCUT2D eigenvalue weighted by Crippen LogP contribution is -2.41. The number of hydrogen-bond acceptors (Lipinski definition) is 3. The van der Waals surface area contributed by atoms with Crippen molar-refractivity contribution in [3.05, 3.63) is 23.5 Å². The summed E-state index contributed by atoms with van der Waals surface area (Å²) in [5.41, 5.74) is -0.738. The summed E-state index contributed by atoms with van der Waals surface area (Å²) in [7, 11) is -0.776. The van der Waals surface area contributed by atoms with Crippen LogP contribution in [0.25, 0.3) is 0 Å². The normalized spacial score (nSPS) is 24.3. The molecule has 2 aliphatic rings. The average molecular weight is 305 g/mol. The van der Waals surface area contributed by atoms with Crippen molar-refractivity contribution < 1.29 is 18.5 Å². The SMILES string of the molecule is CC1(C)C(=O)Nc2ccc(B3OC(C)(C)C(C)(C)O3)c(F)c21. The van der Waals surface area contributed by atoms with Gasteiger partial charge < -0.3 is 14.6 Å². The fourth-order valence-electron chi connectivity index (χ4n) is 2.85. The number of anilines is 1. The van der Waals surface area contributed by atoms with Crippen LogP contribution in [0.1, 0.15) is 47.1 Å². The Bertz CT molecular complexity index is 654. The molecular weight excluding hydrogens is 284 g/mol. The maximum absolute atomic E-state index is 15.0. The molecule has 1 saturated heterocycles. The predicted molar refractivity (Wildman–Crippen MR) is 83.8 cm³/mol. The van der Waals surface area contributed by atoms with E-state index in [-0.39, 0.29) is 5.91 Å². The van der Waals surface area contributed by atoms with Crippen LogP contribution in [-0.2, 0) is 19.5 Å². The standard InChI is InChI=1S/C16H21BFNO3/c1-14(2)11-10(19-13(14)20)8-7-9(12(11)18)17-21-15(3,4)16(5,6)22-17/h7-8H,1-6H3,(H,19,20). The number of carbonyl (C=O) groups is 1. The second kappa shape index (κ2) is 4.33. The molecular formula is C16H21BFNO3. The molecule has 1 aromatic rings. The van der Waals surface area contributed by atoms with Crippen LogP contribution in [-0.4, -0.2) is 24.2 Å². The molecule has 22 heavy (non-hydrogen) atoms. The first-order chi connectivity index (χ1) is 9.97. The smallest absolute Gasteiger partial charge is 0.399 e. The van der Waals surface area contributed by atoms with Gasteiger partial charge >= 0.3 is 7.12 Å². The molecule has 1 aromatic carbocycles. The van der Waals surface area contributed by atoms with Gasteiger partial charge in [0.1, 0.15) is 5.82 Å².